The van der Waals surface area contributed by atoms with Crippen molar-refractivity contribution in [2.75, 3.05) is 48.0 Å². The fourth-order valence-electron chi connectivity index (χ4n) is 8.24. The Balaban J connectivity index is 1.76. The molecule has 60 heavy (non-hydrogen) atoms. The molecular formula is C44H70FN5O10. The Bertz CT molecular complexity index is 1630. The number of ether oxygens (including phenoxy) is 4. The van der Waals surface area contributed by atoms with E-state index in [1.54, 1.807) is 53.5 Å². The minimum absolute atomic E-state index is 0.0155. The predicted molar refractivity (Wildman–Crippen MR) is 223 cm³/mol. The van der Waals surface area contributed by atoms with Crippen LogP contribution in [0.2, 0.25) is 0 Å². The van der Waals surface area contributed by atoms with Crippen molar-refractivity contribution < 1.29 is 52.1 Å². The molecule has 0 bridgehead atoms. The molecule has 2 aliphatic rings. The van der Waals surface area contributed by atoms with E-state index in [1.807, 2.05) is 44.2 Å². The van der Waals surface area contributed by atoms with Gasteiger partial charge in [0.05, 0.1) is 50.3 Å². The Morgan fingerprint density at radius 2 is 1.62 bits per heavy atom. The number of alkyl halides is 1. The van der Waals surface area contributed by atoms with E-state index in [4.69, 9.17) is 18.9 Å². The van der Waals surface area contributed by atoms with Gasteiger partial charge in [-0.05, 0) is 51.0 Å². The SMILES string of the molecule is CC[C@H](C)C([C@@H](CC(=O)N1CCC[C@H]1C(OC)C(C)C(=O)N[C@@H](Cc1ccccc1)C(=O)OC)OC)N(C)C(=O)[C@@H](NC(=O)[C@]1(F)CCN(C(=O)OC(C)(C)C)C1)C(C)C. The number of carbonyl (C=O) groups is 6. The van der Waals surface area contributed by atoms with Gasteiger partial charge in [-0.1, -0.05) is 71.4 Å². The van der Waals surface area contributed by atoms with Crippen molar-refractivity contribution in [3.63, 3.8) is 0 Å². The van der Waals surface area contributed by atoms with Crippen molar-refractivity contribution in [2.24, 2.45) is 17.8 Å². The van der Waals surface area contributed by atoms with E-state index >= 15 is 4.39 Å². The Morgan fingerprint density at radius 3 is 2.17 bits per heavy atom. The molecule has 5 amide bonds. The summed E-state index contributed by atoms with van der Waals surface area (Å²) < 4.78 is 38.4. The Kier molecular flexibility index (Phi) is 18.3. The molecule has 0 aliphatic carbocycles. The molecule has 1 aromatic rings. The summed E-state index contributed by atoms with van der Waals surface area (Å²) in [6.45, 7) is 14.1. The first-order valence-corrected chi connectivity index (χ1v) is 21.1. The molecular weight excluding hydrogens is 778 g/mol. The smallest absolute Gasteiger partial charge is 0.410 e. The largest absolute Gasteiger partial charge is 0.467 e. The van der Waals surface area contributed by atoms with E-state index in [0.717, 1.165) is 10.5 Å². The number of nitrogens with one attached hydrogen (secondary N) is 2. The van der Waals surface area contributed by atoms with Crippen LogP contribution in [0.25, 0.3) is 0 Å². The minimum Gasteiger partial charge on any atom is -0.467 e. The van der Waals surface area contributed by atoms with Crippen molar-refractivity contribution in [3.05, 3.63) is 35.9 Å². The monoisotopic (exact) mass is 848 g/mol. The first-order valence-electron chi connectivity index (χ1n) is 21.1. The van der Waals surface area contributed by atoms with Crippen LogP contribution in [-0.2, 0) is 49.3 Å². The normalized spacial score (nSPS) is 21.6. The molecule has 0 saturated carbocycles. The molecule has 2 fully saturated rings. The lowest BCUT2D eigenvalue weighted by atomic mass is 9.89. The van der Waals surface area contributed by atoms with Crippen LogP contribution in [0.3, 0.4) is 0 Å². The van der Waals surface area contributed by atoms with Gasteiger partial charge < -0.3 is 44.3 Å². The molecule has 0 spiro atoms. The van der Waals surface area contributed by atoms with Gasteiger partial charge in [-0.2, -0.15) is 0 Å². The number of halogens is 1. The van der Waals surface area contributed by atoms with E-state index in [0.29, 0.717) is 25.8 Å². The number of amides is 5. The molecule has 338 valence electrons. The van der Waals surface area contributed by atoms with E-state index in [1.165, 1.54) is 26.2 Å². The molecule has 0 aromatic heterocycles. The van der Waals surface area contributed by atoms with Gasteiger partial charge in [0.1, 0.15) is 17.7 Å². The molecule has 2 saturated heterocycles. The summed E-state index contributed by atoms with van der Waals surface area (Å²) >= 11 is 0. The first-order chi connectivity index (χ1) is 28.1. The van der Waals surface area contributed by atoms with Crippen LogP contribution in [0.15, 0.2) is 30.3 Å². The number of hydrogen-bond acceptors (Lipinski definition) is 10. The quantitative estimate of drug-likeness (QED) is 0.191. The lowest BCUT2D eigenvalue weighted by molar-refractivity contribution is -0.149. The predicted octanol–water partition coefficient (Wildman–Crippen LogP) is 4.30. The zero-order chi connectivity index (χ0) is 45.1. The highest BCUT2D eigenvalue weighted by atomic mass is 19.1. The van der Waals surface area contributed by atoms with Crippen LogP contribution in [0.4, 0.5) is 9.18 Å². The van der Waals surface area contributed by atoms with E-state index in [2.05, 4.69) is 10.6 Å². The van der Waals surface area contributed by atoms with Gasteiger partial charge >= 0.3 is 12.1 Å². The Morgan fingerprint density at radius 1 is 0.967 bits per heavy atom. The van der Waals surface area contributed by atoms with Crippen LogP contribution in [0, 0.1) is 17.8 Å². The molecule has 2 heterocycles. The van der Waals surface area contributed by atoms with Crippen LogP contribution in [-0.4, -0.2) is 146 Å². The van der Waals surface area contributed by atoms with Crippen molar-refractivity contribution in [2.45, 2.75) is 142 Å². The van der Waals surface area contributed by atoms with Crippen LogP contribution >= 0.6 is 0 Å². The third kappa shape index (κ3) is 12.9. The number of benzene rings is 1. The van der Waals surface area contributed by atoms with Crippen molar-refractivity contribution >= 4 is 35.7 Å². The molecule has 3 rings (SSSR count). The number of methoxy groups -OCH3 is 3. The molecule has 15 nitrogen and oxygen atoms in total. The maximum atomic E-state index is 16.1. The molecule has 2 N–H and O–H groups in total. The number of likely N-dealkylation sites (N-methyl/N-ethyl adjacent to an activating group) is 1. The summed E-state index contributed by atoms with van der Waals surface area (Å²) in [6, 6.07) is 6.17. The molecule has 1 aromatic carbocycles. The number of carbonyl (C=O) groups excluding carboxylic acids is 6. The highest BCUT2D eigenvalue weighted by Crippen LogP contribution is 2.31. The van der Waals surface area contributed by atoms with Gasteiger partial charge in [0, 0.05) is 47.2 Å². The number of likely N-dealkylation sites (tertiary alicyclic amines) is 2. The second-order valence-corrected chi connectivity index (χ2v) is 17.7. The molecule has 0 radical (unpaired) electrons. The number of esters is 1. The lowest BCUT2D eigenvalue weighted by Crippen LogP contribution is -2.60. The van der Waals surface area contributed by atoms with Gasteiger partial charge in [0.25, 0.3) is 5.91 Å². The van der Waals surface area contributed by atoms with Crippen molar-refractivity contribution in [3.8, 4) is 0 Å². The molecule has 2 aliphatic heterocycles. The third-order valence-corrected chi connectivity index (χ3v) is 11.8. The number of nitrogens with zero attached hydrogens (tertiary/aromatic N) is 3. The van der Waals surface area contributed by atoms with E-state index in [-0.39, 0.29) is 37.6 Å². The van der Waals surface area contributed by atoms with Gasteiger partial charge in [0.2, 0.25) is 23.4 Å². The summed E-state index contributed by atoms with van der Waals surface area (Å²) in [7, 11) is 5.84. The van der Waals surface area contributed by atoms with Gasteiger partial charge in [-0.25, -0.2) is 14.0 Å². The standard InChI is InChI=1S/C44H70FN5O10/c1-13-28(4)36(48(9)39(53)35(27(2)3)47-41(55)44(45)21-23-49(26-44)42(56)60-43(6,7)8)33(57-10)25-34(51)50-22-17-20-32(50)37(58-11)29(5)38(52)46-31(40(54)59-12)24-30-18-15-14-16-19-30/h14-16,18-19,27-29,31-33,35-37H,13,17,20-26H2,1-12H3,(H,46,52)(H,47,55)/t28-,29?,31-,32-,33+,35-,36?,37?,44-/m0/s1. The number of rotatable bonds is 19. The first kappa shape index (κ1) is 50.0. The lowest BCUT2D eigenvalue weighted by Gasteiger charge is -2.41. The van der Waals surface area contributed by atoms with E-state index in [9.17, 15) is 28.8 Å². The summed E-state index contributed by atoms with van der Waals surface area (Å²) in [6.07, 6.45) is -0.403. The van der Waals surface area contributed by atoms with E-state index < -0.39 is 95.8 Å². The highest BCUT2D eigenvalue weighted by molar-refractivity contribution is 5.92. The highest BCUT2D eigenvalue weighted by Gasteiger charge is 2.49. The number of hydrogen-bond donors (Lipinski definition) is 2. The van der Waals surface area contributed by atoms with Gasteiger partial charge in [-0.15, -0.1) is 0 Å². The zero-order valence-corrected chi connectivity index (χ0v) is 37.7. The maximum Gasteiger partial charge on any atom is 0.410 e. The fraction of sp³-hybridized carbons (Fsp3) is 0.727. The fourth-order valence-corrected chi connectivity index (χ4v) is 8.24. The minimum atomic E-state index is -2.42. The summed E-state index contributed by atoms with van der Waals surface area (Å²) in [5, 5.41) is 5.48. The van der Waals surface area contributed by atoms with Crippen LogP contribution < -0.4 is 10.6 Å². The topological polar surface area (TPSA) is 173 Å². The summed E-state index contributed by atoms with van der Waals surface area (Å²) in [4.78, 5) is 85.5. The van der Waals surface area contributed by atoms with Crippen LogP contribution in [0.1, 0.15) is 93.1 Å². The zero-order valence-electron chi connectivity index (χ0n) is 37.7. The molecule has 16 heteroatoms. The van der Waals surface area contributed by atoms with Crippen molar-refractivity contribution in [1.82, 2.24) is 25.3 Å². The Labute approximate surface area is 355 Å². The second kappa shape index (κ2) is 22.0. The third-order valence-electron chi connectivity index (χ3n) is 11.8. The second-order valence-electron chi connectivity index (χ2n) is 17.7. The maximum absolute atomic E-state index is 16.1. The summed E-state index contributed by atoms with van der Waals surface area (Å²) in [5.41, 5.74) is -2.36. The average Bonchev–Trinajstić information content (AvgIpc) is 3.86. The summed E-state index contributed by atoms with van der Waals surface area (Å²) in [5.74, 6) is -4.04. The van der Waals surface area contributed by atoms with Gasteiger partial charge in [-0.3, -0.25) is 19.2 Å². The molecule has 3 unspecified atom stereocenters. The van der Waals surface area contributed by atoms with Crippen LogP contribution in [0.5, 0.6) is 0 Å². The average molecular weight is 848 g/mol. The molecule has 9 atom stereocenters. The Hall–Kier alpha value is -4.31. The van der Waals surface area contributed by atoms with Gasteiger partial charge in [0.15, 0.2) is 0 Å². The van der Waals surface area contributed by atoms with Crippen molar-refractivity contribution in [1.29, 1.82) is 0 Å².